The highest BCUT2D eigenvalue weighted by Gasteiger charge is 1.99. The average Bonchev–Trinajstić information content (AvgIpc) is 2.46. The number of hydrogen-bond donors (Lipinski definition) is 1. The molecule has 0 radical (unpaired) electrons. The van der Waals surface area contributed by atoms with Crippen molar-refractivity contribution in [2.75, 3.05) is 6.54 Å². The molecule has 0 aromatic heterocycles. The third kappa shape index (κ3) is 4.87. The molecule has 0 fully saturated rings. The normalized spacial score (nSPS) is 10.5. The van der Waals surface area contributed by atoms with Crippen LogP contribution >= 0.6 is 11.6 Å². The maximum absolute atomic E-state index is 5.93. The average molecular weight is 290 g/mol. The van der Waals surface area contributed by atoms with Crippen LogP contribution in [0, 0.1) is 0 Å². The minimum absolute atomic E-state index is 0.558. The molecule has 0 aliphatic carbocycles. The van der Waals surface area contributed by atoms with Gasteiger partial charge in [-0.05, 0) is 42.3 Å². The molecule has 20 heavy (non-hydrogen) atoms. The van der Waals surface area contributed by atoms with E-state index in [1.807, 2.05) is 24.3 Å². The van der Waals surface area contributed by atoms with Crippen LogP contribution in [-0.4, -0.2) is 6.54 Å². The Morgan fingerprint density at radius 1 is 1.05 bits per heavy atom. The van der Waals surface area contributed by atoms with E-state index in [1.54, 1.807) is 0 Å². The van der Waals surface area contributed by atoms with Crippen molar-refractivity contribution in [3.8, 4) is 5.75 Å². The number of nitrogens with one attached hydrogen (secondary N) is 1. The summed E-state index contributed by atoms with van der Waals surface area (Å²) in [4.78, 5) is 0. The summed E-state index contributed by atoms with van der Waals surface area (Å²) < 4.78 is 5.75. The van der Waals surface area contributed by atoms with Gasteiger partial charge in [0, 0.05) is 11.6 Å². The number of halogens is 1. The van der Waals surface area contributed by atoms with E-state index in [0.29, 0.717) is 11.6 Å². The summed E-state index contributed by atoms with van der Waals surface area (Å²) in [5.41, 5.74) is 2.45. The smallest absolute Gasteiger partial charge is 0.121 e. The molecule has 2 aromatic rings. The summed E-state index contributed by atoms with van der Waals surface area (Å²) in [6.45, 7) is 4.67. The molecule has 0 saturated carbocycles. The van der Waals surface area contributed by atoms with Crippen molar-refractivity contribution in [3.05, 3.63) is 64.7 Å². The van der Waals surface area contributed by atoms with Gasteiger partial charge >= 0.3 is 0 Å². The fourth-order valence-electron chi connectivity index (χ4n) is 1.96. The minimum Gasteiger partial charge on any atom is -0.489 e. The van der Waals surface area contributed by atoms with E-state index in [9.17, 15) is 0 Å². The fraction of sp³-hybridized carbons (Fsp3) is 0.294. The Bertz CT molecular complexity index is 542. The first-order chi connectivity index (χ1) is 9.78. The van der Waals surface area contributed by atoms with E-state index >= 15 is 0 Å². The van der Waals surface area contributed by atoms with E-state index in [2.05, 4.69) is 36.5 Å². The standard InChI is InChI=1S/C17H20ClNO/c1-2-9-19-12-14-5-3-6-15(10-14)13-20-17-8-4-7-16(18)11-17/h3-8,10-11,19H,2,9,12-13H2,1H3. The van der Waals surface area contributed by atoms with Gasteiger partial charge in [-0.2, -0.15) is 0 Å². The Morgan fingerprint density at radius 2 is 1.85 bits per heavy atom. The fourth-order valence-corrected chi connectivity index (χ4v) is 2.14. The van der Waals surface area contributed by atoms with Gasteiger partial charge in [-0.1, -0.05) is 48.9 Å². The van der Waals surface area contributed by atoms with Crippen LogP contribution in [0.4, 0.5) is 0 Å². The van der Waals surface area contributed by atoms with Gasteiger partial charge in [-0.15, -0.1) is 0 Å². The molecule has 2 nitrogen and oxygen atoms in total. The van der Waals surface area contributed by atoms with Crippen LogP contribution in [0.5, 0.6) is 5.75 Å². The number of hydrogen-bond acceptors (Lipinski definition) is 2. The van der Waals surface area contributed by atoms with Gasteiger partial charge in [0.15, 0.2) is 0 Å². The second-order valence-corrected chi connectivity index (χ2v) is 5.18. The molecule has 0 saturated heterocycles. The monoisotopic (exact) mass is 289 g/mol. The summed E-state index contributed by atoms with van der Waals surface area (Å²) >= 11 is 5.93. The predicted molar refractivity (Wildman–Crippen MR) is 84.2 cm³/mol. The lowest BCUT2D eigenvalue weighted by Gasteiger charge is -2.09. The number of rotatable bonds is 7. The zero-order valence-electron chi connectivity index (χ0n) is 11.7. The molecule has 0 amide bonds. The Balaban J connectivity index is 1.91. The Hall–Kier alpha value is -1.51. The van der Waals surface area contributed by atoms with Crippen LogP contribution in [0.1, 0.15) is 24.5 Å². The van der Waals surface area contributed by atoms with Crippen LogP contribution < -0.4 is 10.1 Å². The highest BCUT2D eigenvalue weighted by Crippen LogP contribution is 2.18. The van der Waals surface area contributed by atoms with Gasteiger partial charge < -0.3 is 10.1 Å². The lowest BCUT2D eigenvalue weighted by molar-refractivity contribution is 0.306. The summed E-state index contributed by atoms with van der Waals surface area (Å²) in [6, 6.07) is 15.9. The van der Waals surface area contributed by atoms with E-state index in [-0.39, 0.29) is 0 Å². The van der Waals surface area contributed by atoms with Crippen molar-refractivity contribution in [2.24, 2.45) is 0 Å². The van der Waals surface area contributed by atoms with Crippen molar-refractivity contribution in [2.45, 2.75) is 26.5 Å². The van der Waals surface area contributed by atoms with E-state index < -0.39 is 0 Å². The Morgan fingerprint density at radius 3 is 2.65 bits per heavy atom. The predicted octanol–water partition coefficient (Wildman–Crippen LogP) is 4.42. The van der Waals surface area contributed by atoms with Crippen molar-refractivity contribution >= 4 is 11.6 Å². The maximum Gasteiger partial charge on any atom is 0.121 e. The third-order valence-electron chi connectivity index (χ3n) is 2.95. The van der Waals surface area contributed by atoms with E-state index in [4.69, 9.17) is 16.3 Å². The lowest BCUT2D eigenvalue weighted by Crippen LogP contribution is -2.13. The molecule has 0 atom stereocenters. The highest BCUT2D eigenvalue weighted by atomic mass is 35.5. The number of benzene rings is 2. The molecular weight excluding hydrogens is 270 g/mol. The first-order valence-corrected chi connectivity index (χ1v) is 7.32. The first kappa shape index (κ1) is 14.9. The van der Waals surface area contributed by atoms with Gasteiger partial charge in [0.05, 0.1) is 0 Å². The maximum atomic E-state index is 5.93. The van der Waals surface area contributed by atoms with Crippen molar-refractivity contribution in [1.82, 2.24) is 5.32 Å². The van der Waals surface area contributed by atoms with Gasteiger partial charge in [0.1, 0.15) is 12.4 Å². The second-order valence-electron chi connectivity index (χ2n) is 4.74. The largest absolute Gasteiger partial charge is 0.489 e. The third-order valence-corrected chi connectivity index (χ3v) is 3.18. The molecule has 0 aliphatic heterocycles. The molecule has 2 aromatic carbocycles. The van der Waals surface area contributed by atoms with E-state index in [1.165, 1.54) is 11.1 Å². The lowest BCUT2D eigenvalue weighted by atomic mass is 10.1. The Kier molecular flexibility index (Phi) is 5.90. The molecule has 0 heterocycles. The molecule has 0 spiro atoms. The van der Waals surface area contributed by atoms with Gasteiger partial charge in [-0.3, -0.25) is 0 Å². The Labute approximate surface area is 125 Å². The molecule has 1 N–H and O–H groups in total. The topological polar surface area (TPSA) is 21.3 Å². The molecule has 0 bridgehead atoms. The zero-order chi connectivity index (χ0) is 14.2. The molecule has 0 unspecified atom stereocenters. The second kappa shape index (κ2) is 7.93. The zero-order valence-corrected chi connectivity index (χ0v) is 12.5. The summed E-state index contributed by atoms with van der Waals surface area (Å²) in [5, 5.41) is 4.10. The van der Waals surface area contributed by atoms with Crippen LogP contribution in [-0.2, 0) is 13.2 Å². The quantitative estimate of drug-likeness (QED) is 0.762. The minimum atomic E-state index is 0.558. The molecular formula is C17H20ClNO. The first-order valence-electron chi connectivity index (χ1n) is 6.95. The van der Waals surface area contributed by atoms with Crippen LogP contribution in [0.25, 0.3) is 0 Å². The molecule has 0 aliphatic rings. The van der Waals surface area contributed by atoms with Gasteiger partial charge in [0.2, 0.25) is 0 Å². The summed E-state index contributed by atoms with van der Waals surface area (Å²) in [7, 11) is 0. The molecule has 106 valence electrons. The van der Waals surface area contributed by atoms with Gasteiger partial charge in [0.25, 0.3) is 0 Å². The van der Waals surface area contributed by atoms with Crippen molar-refractivity contribution in [1.29, 1.82) is 0 Å². The summed E-state index contributed by atoms with van der Waals surface area (Å²) in [6.07, 6.45) is 1.15. The van der Waals surface area contributed by atoms with Crippen LogP contribution in [0.15, 0.2) is 48.5 Å². The van der Waals surface area contributed by atoms with Crippen LogP contribution in [0.3, 0.4) is 0 Å². The van der Waals surface area contributed by atoms with E-state index in [0.717, 1.165) is 25.3 Å². The molecule has 3 heteroatoms. The van der Waals surface area contributed by atoms with Gasteiger partial charge in [-0.25, -0.2) is 0 Å². The number of ether oxygens (including phenoxy) is 1. The summed E-state index contributed by atoms with van der Waals surface area (Å²) in [5.74, 6) is 0.798. The SMILES string of the molecule is CCCNCc1cccc(COc2cccc(Cl)c2)c1. The molecule has 2 rings (SSSR count). The van der Waals surface area contributed by atoms with Crippen LogP contribution in [0.2, 0.25) is 5.02 Å². The highest BCUT2D eigenvalue weighted by molar-refractivity contribution is 6.30. The van der Waals surface area contributed by atoms with Crippen molar-refractivity contribution < 1.29 is 4.74 Å². The van der Waals surface area contributed by atoms with Crippen molar-refractivity contribution in [3.63, 3.8) is 0 Å².